The predicted octanol–water partition coefficient (Wildman–Crippen LogP) is 2.29. The Morgan fingerprint density at radius 2 is 2.45 bits per heavy atom. The first kappa shape index (κ1) is 5.36. The molecule has 0 N–H and O–H groups in total. The summed E-state index contributed by atoms with van der Waals surface area (Å²) in [5, 5.41) is 0. The summed E-state index contributed by atoms with van der Waals surface area (Å²) in [7, 11) is 0. The minimum Gasteiger partial charge on any atom is -0.303 e. The van der Waals surface area contributed by atoms with Crippen molar-refractivity contribution in [3.05, 3.63) is 11.6 Å². The molecule has 0 aliphatic carbocycles. The van der Waals surface area contributed by atoms with Crippen LogP contribution in [0.5, 0.6) is 0 Å². The Labute approximate surface area is 74.3 Å². The van der Waals surface area contributed by atoms with E-state index in [1.165, 1.54) is 5.57 Å². The number of nitrogens with zero attached hydrogens (tertiary/aromatic N) is 1. The van der Waals surface area contributed by atoms with E-state index in [0.29, 0.717) is 19.0 Å². The minimum atomic E-state index is -1.93. The second kappa shape index (κ2) is 3.91. The lowest BCUT2D eigenvalue weighted by Crippen LogP contribution is -2.17. The van der Waals surface area contributed by atoms with Crippen LogP contribution in [-0.2, 0) is 0 Å². The van der Waals surface area contributed by atoms with Crippen molar-refractivity contribution in [3.8, 4) is 0 Å². The van der Waals surface area contributed by atoms with Crippen molar-refractivity contribution >= 4 is 0 Å². The molecular weight excluding hydrogens is 134 g/mol. The maximum atomic E-state index is 7.33. The average Bonchev–Trinajstić information content (AvgIpc) is 2.26. The summed E-state index contributed by atoms with van der Waals surface area (Å²) < 4.78 is 22.0. The van der Waals surface area contributed by atoms with Gasteiger partial charge in [0, 0.05) is 10.7 Å². The van der Waals surface area contributed by atoms with Crippen LogP contribution in [0.3, 0.4) is 0 Å². The van der Waals surface area contributed by atoms with Gasteiger partial charge in [0.25, 0.3) is 0 Å². The van der Waals surface area contributed by atoms with Gasteiger partial charge < -0.3 is 4.90 Å². The molecule has 64 valence electrons. The second-order valence-electron chi connectivity index (χ2n) is 3.48. The van der Waals surface area contributed by atoms with Gasteiger partial charge >= 0.3 is 0 Å². The van der Waals surface area contributed by atoms with Crippen LogP contribution in [-0.4, -0.2) is 25.0 Å². The number of likely N-dealkylation sites (N-methyl/N-ethyl adjacent to an activating group) is 1. The lowest BCUT2D eigenvalue weighted by atomic mass is 9.99. The van der Waals surface area contributed by atoms with Crippen LogP contribution in [0.1, 0.15) is 30.8 Å². The summed E-state index contributed by atoms with van der Waals surface area (Å²) in [6, 6.07) is 0. The first-order chi connectivity index (χ1) is 6.41. The molecule has 0 saturated carbocycles. The zero-order valence-electron chi connectivity index (χ0n) is 10.4. The van der Waals surface area contributed by atoms with Crippen LogP contribution in [0.25, 0.3) is 0 Å². The molecule has 0 saturated heterocycles. The van der Waals surface area contributed by atoms with Crippen LogP contribution >= 0.6 is 0 Å². The molecular formula is C10H19N. The Kier molecular flexibility index (Phi) is 1.91. The fraction of sp³-hybridized carbons (Fsp3) is 0.800. The Hall–Kier alpha value is -0.300. The Morgan fingerprint density at radius 1 is 1.64 bits per heavy atom. The molecule has 0 aromatic carbocycles. The Bertz CT molecular complexity index is 218. The standard InChI is InChI=1S/C10H19N/c1-9(2)10-5-4-7-11(3)8-6-10/h6,9H,4-5,7-8H2,1-3H3/i3D3. The van der Waals surface area contributed by atoms with E-state index in [-0.39, 0.29) is 0 Å². The van der Waals surface area contributed by atoms with Crippen molar-refractivity contribution in [3.63, 3.8) is 0 Å². The van der Waals surface area contributed by atoms with E-state index in [9.17, 15) is 0 Å². The molecule has 11 heavy (non-hydrogen) atoms. The van der Waals surface area contributed by atoms with Crippen molar-refractivity contribution < 1.29 is 4.11 Å². The van der Waals surface area contributed by atoms with E-state index in [4.69, 9.17) is 4.11 Å². The zero-order valence-corrected chi connectivity index (χ0v) is 7.43. The van der Waals surface area contributed by atoms with Gasteiger partial charge in [-0.15, -0.1) is 0 Å². The third kappa shape index (κ3) is 2.66. The number of rotatable bonds is 1. The van der Waals surface area contributed by atoms with Gasteiger partial charge in [-0.2, -0.15) is 0 Å². The lowest BCUT2D eigenvalue weighted by molar-refractivity contribution is 0.372. The largest absolute Gasteiger partial charge is 0.303 e. The van der Waals surface area contributed by atoms with Crippen molar-refractivity contribution in [2.75, 3.05) is 20.1 Å². The van der Waals surface area contributed by atoms with Crippen LogP contribution in [0.15, 0.2) is 11.6 Å². The van der Waals surface area contributed by atoms with Crippen molar-refractivity contribution in [1.29, 1.82) is 0 Å². The lowest BCUT2D eigenvalue weighted by Gasteiger charge is -2.09. The fourth-order valence-corrected chi connectivity index (χ4v) is 1.42. The molecule has 0 radical (unpaired) electrons. The van der Waals surface area contributed by atoms with E-state index in [1.54, 1.807) is 4.90 Å². The molecule has 1 aliphatic rings. The highest BCUT2D eigenvalue weighted by molar-refractivity contribution is 5.07. The van der Waals surface area contributed by atoms with E-state index in [1.807, 2.05) is 0 Å². The molecule has 0 unspecified atom stereocenters. The molecule has 1 heteroatoms. The molecule has 0 spiro atoms. The van der Waals surface area contributed by atoms with Crippen LogP contribution < -0.4 is 0 Å². The molecule has 0 aromatic heterocycles. The summed E-state index contributed by atoms with van der Waals surface area (Å²) in [5.74, 6) is 0.548. The van der Waals surface area contributed by atoms with Gasteiger partial charge in [-0.05, 0) is 32.3 Å². The van der Waals surface area contributed by atoms with Gasteiger partial charge in [-0.3, -0.25) is 0 Å². The Balaban J connectivity index is 2.64. The van der Waals surface area contributed by atoms with Gasteiger partial charge in [0.15, 0.2) is 0 Å². The summed E-state index contributed by atoms with van der Waals surface area (Å²) in [6.45, 7) is 3.66. The third-order valence-corrected chi connectivity index (χ3v) is 2.21. The van der Waals surface area contributed by atoms with E-state index in [2.05, 4.69) is 19.9 Å². The SMILES string of the molecule is [2H]C([2H])([2H])N1CC=C(C(C)C)CCC1. The number of hydrogen-bond acceptors (Lipinski definition) is 1. The normalized spacial score (nSPS) is 26.8. The molecule has 0 amide bonds. The number of hydrogen-bond donors (Lipinski definition) is 0. The quantitative estimate of drug-likeness (QED) is 0.526. The first-order valence-electron chi connectivity index (χ1n) is 5.85. The molecule has 0 bridgehead atoms. The molecule has 1 nitrogen and oxygen atoms in total. The highest BCUT2D eigenvalue weighted by Crippen LogP contribution is 2.18. The van der Waals surface area contributed by atoms with Gasteiger partial charge in [0.1, 0.15) is 0 Å². The monoisotopic (exact) mass is 156 g/mol. The summed E-state index contributed by atoms with van der Waals surface area (Å²) in [4.78, 5) is 1.57. The Morgan fingerprint density at radius 3 is 3.09 bits per heavy atom. The van der Waals surface area contributed by atoms with Crippen LogP contribution in [0.4, 0.5) is 0 Å². The number of allylic oxidation sites excluding steroid dienone is 1. The molecule has 1 rings (SSSR count). The molecule has 1 heterocycles. The van der Waals surface area contributed by atoms with Crippen LogP contribution in [0, 0.1) is 5.92 Å². The smallest absolute Gasteiger partial charge is 0.0394 e. The molecule has 0 atom stereocenters. The summed E-state index contributed by atoms with van der Waals surface area (Å²) in [6.07, 6.45) is 4.09. The van der Waals surface area contributed by atoms with Crippen molar-refractivity contribution in [2.45, 2.75) is 26.7 Å². The maximum absolute atomic E-state index is 7.33. The van der Waals surface area contributed by atoms with E-state index >= 15 is 0 Å². The molecule has 0 fully saturated rings. The van der Waals surface area contributed by atoms with Crippen LogP contribution in [0.2, 0.25) is 0 Å². The van der Waals surface area contributed by atoms with Gasteiger partial charge in [-0.25, -0.2) is 0 Å². The second-order valence-corrected chi connectivity index (χ2v) is 3.48. The zero-order chi connectivity index (χ0) is 10.8. The third-order valence-electron chi connectivity index (χ3n) is 2.21. The van der Waals surface area contributed by atoms with E-state index < -0.39 is 6.98 Å². The first-order valence-corrected chi connectivity index (χ1v) is 4.35. The molecule has 1 aliphatic heterocycles. The van der Waals surface area contributed by atoms with Gasteiger partial charge in [-0.1, -0.05) is 25.5 Å². The highest BCUT2D eigenvalue weighted by Gasteiger charge is 2.07. The highest BCUT2D eigenvalue weighted by atomic mass is 15.1. The average molecular weight is 156 g/mol. The summed E-state index contributed by atoms with van der Waals surface area (Å²) >= 11 is 0. The molecule has 0 aromatic rings. The minimum absolute atomic E-state index is 0.548. The fourth-order valence-electron chi connectivity index (χ4n) is 1.42. The topological polar surface area (TPSA) is 3.24 Å². The van der Waals surface area contributed by atoms with E-state index in [0.717, 1.165) is 12.8 Å². The van der Waals surface area contributed by atoms with Gasteiger partial charge in [0.05, 0.1) is 0 Å². The van der Waals surface area contributed by atoms with Crippen molar-refractivity contribution in [2.24, 2.45) is 5.92 Å². The summed E-state index contributed by atoms with van der Waals surface area (Å²) in [5.41, 5.74) is 1.40. The van der Waals surface area contributed by atoms with Crippen molar-refractivity contribution in [1.82, 2.24) is 4.90 Å². The van der Waals surface area contributed by atoms with Gasteiger partial charge in [0.2, 0.25) is 0 Å². The predicted molar refractivity (Wildman–Crippen MR) is 49.7 cm³/mol. The maximum Gasteiger partial charge on any atom is 0.0394 e.